The van der Waals surface area contributed by atoms with E-state index < -0.39 is 0 Å². The van der Waals surface area contributed by atoms with Crippen molar-refractivity contribution in [2.24, 2.45) is 4.99 Å². The van der Waals surface area contributed by atoms with E-state index in [4.69, 9.17) is 0 Å². The smallest absolute Gasteiger partial charge is 0.193 e. The van der Waals surface area contributed by atoms with Crippen LogP contribution in [0.1, 0.15) is 33.3 Å². The number of nitrogens with one attached hydrogen (secondary N) is 1. The van der Waals surface area contributed by atoms with Gasteiger partial charge < -0.3 is 10.2 Å². The number of nitrogens with zero attached hydrogens (tertiary/aromatic N) is 3. The Hall–Kier alpha value is -1.55. The van der Waals surface area contributed by atoms with E-state index in [1.807, 2.05) is 13.1 Å². The van der Waals surface area contributed by atoms with Crippen LogP contribution in [0.2, 0.25) is 0 Å². The topological polar surface area (TPSA) is 30.9 Å². The fraction of sp³-hybridized carbons (Fsp3) is 0.611. The van der Waals surface area contributed by atoms with Crippen molar-refractivity contribution in [2.45, 2.75) is 46.3 Å². The first kappa shape index (κ1) is 18.5. The molecule has 0 saturated heterocycles. The van der Waals surface area contributed by atoms with Crippen LogP contribution in [-0.2, 0) is 6.54 Å². The summed E-state index contributed by atoms with van der Waals surface area (Å²) in [5, 5.41) is 3.46. The summed E-state index contributed by atoms with van der Waals surface area (Å²) in [6.45, 7) is 11.8. The van der Waals surface area contributed by atoms with Crippen LogP contribution in [-0.4, -0.2) is 55.0 Å². The summed E-state index contributed by atoms with van der Waals surface area (Å²) in [6, 6.07) is 11.6. The summed E-state index contributed by atoms with van der Waals surface area (Å²) in [5.41, 5.74) is 1.29. The molecule has 1 aromatic carbocycles. The van der Waals surface area contributed by atoms with Crippen molar-refractivity contribution in [3.8, 4) is 0 Å². The molecule has 0 radical (unpaired) electrons. The number of hydrogen-bond donors (Lipinski definition) is 1. The van der Waals surface area contributed by atoms with Crippen molar-refractivity contribution in [3.63, 3.8) is 0 Å². The third-order valence-corrected chi connectivity index (χ3v) is 3.82. The lowest BCUT2D eigenvalue weighted by Gasteiger charge is -2.31. The van der Waals surface area contributed by atoms with Crippen molar-refractivity contribution in [1.82, 2.24) is 15.1 Å². The number of aliphatic imine (C=N–C) groups is 1. The maximum absolute atomic E-state index is 4.38. The summed E-state index contributed by atoms with van der Waals surface area (Å²) in [5.74, 6) is 0.941. The molecule has 0 bridgehead atoms. The van der Waals surface area contributed by atoms with Gasteiger partial charge in [-0.2, -0.15) is 0 Å². The van der Waals surface area contributed by atoms with Gasteiger partial charge >= 0.3 is 0 Å². The molecule has 0 unspecified atom stereocenters. The largest absolute Gasteiger partial charge is 0.355 e. The quantitative estimate of drug-likeness (QED) is 0.621. The highest BCUT2D eigenvalue weighted by atomic mass is 15.3. The normalized spacial score (nSPS) is 12.3. The minimum absolute atomic E-state index is 0.561. The zero-order valence-electron chi connectivity index (χ0n) is 15.0. The molecule has 0 heterocycles. The molecule has 4 nitrogen and oxygen atoms in total. The van der Waals surface area contributed by atoms with Crippen LogP contribution in [0, 0.1) is 0 Å². The predicted molar refractivity (Wildman–Crippen MR) is 96.2 cm³/mol. The minimum atomic E-state index is 0.561. The zero-order valence-corrected chi connectivity index (χ0v) is 15.0. The van der Waals surface area contributed by atoms with Crippen molar-refractivity contribution in [3.05, 3.63) is 35.9 Å². The standard InChI is InChI=1S/C18H32N4/c1-15(2)22(16(3)4)13-12-20-18(19-5)21(6)14-17-10-8-7-9-11-17/h7-11,15-16H,12-14H2,1-6H3,(H,19,20). The first-order valence-corrected chi connectivity index (χ1v) is 8.17. The Labute approximate surface area is 136 Å². The van der Waals surface area contributed by atoms with Gasteiger partial charge in [-0.3, -0.25) is 9.89 Å². The maximum Gasteiger partial charge on any atom is 0.193 e. The highest BCUT2D eigenvalue weighted by molar-refractivity contribution is 5.79. The van der Waals surface area contributed by atoms with Crippen LogP contribution >= 0.6 is 0 Å². The molecule has 22 heavy (non-hydrogen) atoms. The van der Waals surface area contributed by atoms with Crippen molar-refractivity contribution in [2.75, 3.05) is 27.2 Å². The Morgan fingerprint density at radius 1 is 1.09 bits per heavy atom. The highest BCUT2D eigenvalue weighted by Crippen LogP contribution is 2.04. The average molecular weight is 304 g/mol. The summed E-state index contributed by atoms with van der Waals surface area (Å²) in [6.07, 6.45) is 0. The van der Waals surface area contributed by atoms with Gasteiger partial charge in [0.2, 0.25) is 0 Å². The van der Waals surface area contributed by atoms with E-state index in [2.05, 4.69) is 79.1 Å². The molecule has 1 aromatic rings. The van der Waals surface area contributed by atoms with Gasteiger partial charge in [0.25, 0.3) is 0 Å². The van der Waals surface area contributed by atoms with Gasteiger partial charge in [0.15, 0.2) is 5.96 Å². The first-order chi connectivity index (χ1) is 10.5. The Morgan fingerprint density at radius 3 is 2.18 bits per heavy atom. The van der Waals surface area contributed by atoms with E-state index in [1.54, 1.807) is 0 Å². The van der Waals surface area contributed by atoms with E-state index in [-0.39, 0.29) is 0 Å². The van der Waals surface area contributed by atoms with Gasteiger partial charge in [0.1, 0.15) is 0 Å². The van der Waals surface area contributed by atoms with Gasteiger partial charge in [0, 0.05) is 45.8 Å². The molecule has 0 atom stereocenters. The number of benzene rings is 1. The SMILES string of the molecule is CN=C(NCCN(C(C)C)C(C)C)N(C)Cc1ccccc1. The van der Waals surface area contributed by atoms with Gasteiger partial charge in [-0.25, -0.2) is 0 Å². The Kier molecular flexibility index (Phi) is 7.96. The predicted octanol–water partition coefficient (Wildman–Crippen LogP) is 2.81. The van der Waals surface area contributed by atoms with Crippen molar-refractivity contribution < 1.29 is 0 Å². The van der Waals surface area contributed by atoms with Gasteiger partial charge in [-0.05, 0) is 33.3 Å². The zero-order chi connectivity index (χ0) is 16.5. The van der Waals surface area contributed by atoms with Gasteiger partial charge in [0.05, 0.1) is 0 Å². The molecular formula is C18H32N4. The lowest BCUT2D eigenvalue weighted by Crippen LogP contribution is -2.45. The number of rotatable bonds is 7. The summed E-state index contributed by atoms with van der Waals surface area (Å²) >= 11 is 0. The van der Waals surface area contributed by atoms with Crippen LogP contribution in [0.4, 0.5) is 0 Å². The lowest BCUT2D eigenvalue weighted by molar-refractivity contribution is 0.178. The van der Waals surface area contributed by atoms with E-state index in [9.17, 15) is 0 Å². The number of guanidine groups is 1. The van der Waals surface area contributed by atoms with Crippen LogP contribution < -0.4 is 5.32 Å². The summed E-state index contributed by atoms with van der Waals surface area (Å²) in [4.78, 5) is 9.02. The van der Waals surface area contributed by atoms with Crippen LogP contribution in [0.25, 0.3) is 0 Å². The maximum atomic E-state index is 4.38. The molecule has 0 aliphatic heterocycles. The minimum Gasteiger partial charge on any atom is -0.355 e. The summed E-state index contributed by atoms with van der Waals surface area (Å²) in [7, 11) is 3.91. The second kappa shape index (κ2) is 9.46. The molecule has 124 valence electrons. The Bertz CT molecular complexity index is 432. The molecular weight excluding hydrogens is 272 g/mol. The molecule has 0 spiro atoms. The third-order valence-electron chi connectivity index (χ3n) is 3.82. The second-order valence-corrected chi connectivity index (χ2v) is 6.24. The second-order valence-electron chi connectivity index (χ2n) is 6.24. The fourth-order valence-electron chi connectivity index (χ4n) is 2.73. The van der Waals surface area contributed by atoms with E-state index in [0.29, 0.717) is 12.1 Å². The molecule has 0 amide bonds. The van der Waals surface area contributed by atoms with Gasteiger partial charge in [-0.15, -0.1) is 0 Å². The van der Waals surface area contributed by atoms with Crippen LogP contribution in [0.3, 0.4) is 0 Å². The Balaban J connectivity index is 2.48. The lowest BCUT2D eigenvalue weighted by atomic mass is 10.2. The first-order valence-electron chi connectivity index (χ1n) is 8.17. The third kappa shape index (κ3) is 6.06. The van der Waals surface area contributed by atoms with Crippen molar-refractivity contribution in [1.29, 1.82) is 0 Å². The molecule has 0 aliphatic carbocycles. The molecule has 4 heteroatoms. The van der Waals surface area contributed by atoms with Gasteiger partial charge in [-0.1, -0.05) is 30.3 Å². The van der Waals surface area contributed by atoms with Crippen LogP contribution in [0.15, 0.2) is 35.3 Å². The molecule has 0 aromatic heterocycles. The van der Waals surface area contributed by atoms with Crippen molar-refractivity contribution >= 4 is 5.96 Å². The monoisotopic (exact) mass is 304 g/mol. The Morgan fingerprint density at radius 2 is 1.68 bits per heavy atom. The molecule has 0 aliphatic rings. The molecule has 0 fully saturated rings. The van der Waals surface area contributed by atoms with E-state index in [0.717, 1.165) is 25.6 Å². The summed E-state index contributed by atoms with van der Waals surface area (Å²) < 4.78 is 0. The van der Waals surface area contributed by atoms with E-state index in [1.165, 1.54) is 5.56 Å². The van der Waals surface area contributed by atoms with E-state index >= 15 is 0 Å². The molecule has 1 rings (SSSR count). The average Bonchev–Trinajstić information content (AvgIpc) is 2.47. The molecule has 1 N–H and O–H groups in total. The highest BCUT2D eigenvalue weighted by Gasteiger charge is 2.13. The fourth-order valence-corrected chi connectivity index (χ4v) is 2.73. The van der Waals surface area contributed by atoms with Crippen LogP contribution in [0.5, 0.6) is 0 Å². The molecule has 0 saturated carbocycles. The number of hydrogen-bond acceptors (Lipinski definition) is 2.